The van der Waals surface area contributed by atoms with Gasteiger partial charge in [-0.25, -0.2) is 4.79 Å². The zero-order chi connectivity index (χ0) is 35.5. The van der Waals surface area contributed by atoms with E-state index in [0.29, 0.717) is 17.1 Å². The Morgan fingerprint density at radius 2 is 1.35 bits per heavy atom. The van der Waals surface area contributed by atoms with Crippen LogP contribution in [0.1, 0.15) is 82.1 Å². The molecule has 0 aromatic heterocycles. The summed E-state index contributed by atoms with van der Waals surface area (Å²) in [6, 6.07) is 0. The van der Waals surface area contributed by atoms with Crippen LogP contribution in [-0.2, 0) is 19.0 Å². The molecule has 1 heterocycles. The fraction of sp³-hybridized carbons (Fsp3) is 0.750. The highest BCUT2D eigenvalue weighted by molar-refractivity contribution is 5.85. The van der Waals surface area contributed by atoms with E-state index in [-0.39, 0.29) is 23.3 Å². The van der Waals surface area contributed by atoms with Gasteiger partial charge in [0.15, 0.2) is 6.29 Å². The van der Waals surface area contributed by atoms with Crippen LogP contribution in [0.4, 0.5) is 0 Å². The molecule has 1 aliphatic rings. The molecule has 0 saturated carbocycles. The molecular formula is C36H62O10. The van der Waals surface area contributed by atoms with Crippen LogP contribution in [0.25, 0.3) is 0 Å². The van der Waals surface area contributed by atoms with E-state index in [0.717, 1.165) is 18.4 Å². The van der Waals surface area contributed by atoms with Crippen LogP contribution < -0.4 is 0 Å². The fourth-order valence-corrected chi connectivity index (χ4v) is 6.25. The molecule has 0 spiro atoms. The second kappa shape index (κ2) is 19.8. The normalized spacial score (nSPS) is 29.0. The molecule has 0 unspecified atom stereocenters. The Kier molecular flexibility index (Phi) is 18.2. The number of carboxylic acid groups (broad SMARTS) is 1. The minimum atomic E-state index is -1.42. The zero-order valence-electron chi connectivity index (χ0n) is 29.8. The number of aliphatic hydroxyl groups is 5. The van der Waals surface area contributed by atoms with E-state index < -0.39 is 67.5 Å². The van der Waals surface area contributed by atoms with Gasteiger partial charge in [-0.05, 0) is 62.7 Å². The molecule has 13 atom stereocenters. The summed E-state index contributed by atoms with van der Waals surface area (Å²) in [7, 11) is 1.37. The average Bonchev–Trinajstić information content (AvgIpc) is 2.99. The quantitative estimate of drug-likeness (QED) is 0.0922. The van der Waals surface area contributed by atoms with Crippen LogP contribution in [0.3, 0.4) is 0 Å². The molecule has 1 aliphatic heterocycles. The largest absolute Gasteiger partial charge is 0.478 e. The van der Waals surface area contributed by atoms with Crippen LogP contribution in [0, 0.1) is 29.6 Å². The summed E-state index contributed by atoms with van der Waals surface area (Å²) in [5.41, 5.74) is 2.37. The topological polar surface area (TPSA) is 166 Å². The summed E-state index contributed by atoms with van der Waals surface area (Å²) in [6.45, 7) is 18.6. The molecule has 266 valence electrons. The lowest BCUT2D eigenvalue weighted by atomic mass is 9.87. The predicted molar refractivity (Wildman–Crippen MR) is 179 cm³/mol. The molecule has 1 saturated heterocycles. The number of ether oxygens (including phenoxy) is 3. The van der Waals surface area contributed by atoms with Gasteiger partial charge in [-0.1, -0.05) is 72.3 Å². The van der Waals surface area contributed by atoms with Crippen LogP contribution in [0.15, 0.2) is 46.6 Å². The Bertz CT molecular complexity index is 1060. The van der Waals surface area contributed by atoms with Crippen molar-refractivity contribution in [1.29, 1.82) is 0 Å². The summed E-state index contributed by atoms with van der Waals surface area (Å²) in [5.74, 6) is -1.33. The van der Waals surface area contributed by atoms with E-state index in [1.807, 2.05) is 33.8 Å². The van der Waals surface area contributed by atoms with Crippen molar-refractivity contribution in [3.63, 3.8) is 0 Å². The van der Waals surface area contributed by atoms with E-state index in [2.05, 4.69) is 26.8 Å². The molecule has 0 bridgehead atoms. The molecule has 0 amide bonds. The number of methoxy groups -OCH3 is 1. The van der Waals surface area contributed by atoms with E-state index in [4.69, 9.17) is 19.3 Å². The number of carboxylic acids is 1. The van der Waals surface area contributed by atoms with Crippen LogP contribution in [0.2, 0.25) is 0 Å². The molecule has 1 rings (SSSR count). The third-order valence-corrected chi connectivity index (χ3v) is 9.15. The van der Waals surface area contributed by atoms with Crippen molar-refractivity contribution in [3.05, 3.63) is 46.6 Å². The number of hydrogen-bond acceptors (Lipinski definition) is 9. The fourth-order valence-electron chi connectivity index (χ4n) is 6.25. The summed E-state index contributed by atoms with van der Waals surface area (Å²) in [4.78, 5) is 11.2. The number of rotatable bonds is 18. The smallest absolute Gasteiger partial charge is 0.330 e. The highest BCUT2D eigenvalue weighted by Gasteiger charge is 2.46. The number of allylic oxidation sites excluding steroid dienone is 1. The summed E-state index contributed by atoms with van der Waals surface area (Å²) < 4.78 is 17.5. The van der Waals surface area contributed by atoms with Gasteiger partial charge >= 0.3 is 5.97 Å². The lowest BCUT2D eigenvalue weighted by Gasteiger charge is -2.43. The lowest BCUT2D eigenvalue weighted by molar-refractivity contribution is -0.313. The number of aliphatic hydroxyl groups excluding tert-OH is 5. The molecule has 10 heteroatoms. The number of hydrogen-bond donors (Lipinski definition) is 6. The standard InChI is InChI=1S/C36H62O10/c1-12-19(2)13-20(3)14-25(8)33(46-36-32(41)31(40)34(44-11)28(18-37)45-36)26(9)16-23(6)29(38)21(4)15-22(5)30(39)24(7)17-27(10)35(42)43/h14-17,19-21,24,26,28-34,36-41H,12-13,18H2,1-11H3,(H,42,43)/b22-15+,23-16+,25-14+,27-17+/t19-,20-,21-,24-,26-,28+,29-,30+,31+,32-,33+,34+,36-/m0/s1. The minimum absolute atomic E-state index is 0.154. The molecule has 0 radical (unpaired) electrons. The second-order valence-electron chi connectivity index (χ2n) is 13.5. The maximum absolute atomic E-state index is 11.3. The first-order valence-corrected chi connectivity index (χ1v) is 16.5. The van der Waals surface area contributed by atoms with Gasteiger partial charge in [0, 0.05) is 30.4 Å². The third kappa shape index (κ3) is 12.3. The van der Waals surface area contributed by atoms with Crippen molar-refractivity contribution >= 4 is 5.97 Å². The van der Waals surface area contributed by atoms with Gasteiger partial charge in [-0.2, -0.15) is 0 Å². The van der Waals surface area contributed by atoms with Crippen molar-refractivity contribution in [1.82, 2.24) is 0 Å². The molecule has 0 aromatic rings. The Labute approximate surface area is 276 Å². The number of aliphatic carboxylic acids is 1. The molecule has 46 heavy (non-hydrogen) atoms. The Morgan fingerprint density at radius 3 is 1.83 bits per heavy atom. The van der Waals surface area contributed by atoms with Crippen LogP contribution in [-0.4, -0.2) is 99.3 Å². The van der Waals surface area contributed by atoms with E-state index in [1.165, 1.54) is 20.1 Å². The Morgan fingerprint density at radius 1 is 0.826 bits per heavy atom. The van der Waals surface area contributed by atoms with Gasteiger partial charge in [0.25, 0.3) is 0 Å². The molecule has 6 N–H and O–H groups in total. The minimum Gasteiger partial charge on any atom is -0.478 e. The lowest BCUT2D eigenvalue weighted by Crippen LogP contribution is -2.60. The third-order valence-electron chi connectivity index (χ3n) is 9.15. The highest BCUT2D eigenvalue weighted by Crippen LogP contribution is 2.31. The summed E-state index contributed by atoms with van der Waals surface area (Å²) in [5, 5.41) is 62.6. The Hall–Kier alpha value is -1.89. The molecule has 0 aliphatic carbocycles. The van der Waals surface area contributed by atoms with Gasteiger partial charge in [-0.3, -0.25) is 0 Å². The zero-order valence-corrected chi connectivity index (χ0v) is 29.8. The SMILES string of the molecule is CC[C@H](C)C[C@H](C)/C=C(\C)[C@@H](O[C@@H]1O[C@H](CO)[C@@H](OC)[C@H](O)[C@@H]1O)[C@@H](C)/C=C(\C)[C@@H](O)[C@@H](C)/C=C(\C)[C@@H](O)[C@@H](C)/C=C(\C)C(=O)O. The van der Waals surface area contributed by atoms with Crippen LogP contribution in [0.5, 0.6) is 0 Å². The molecular weight excluding hydrogens is 592 g/mol. The number of carbonyl (C=O) groups is 1. The van der Waals surface area contributed by atoms with Gasteiger partial charge in [0.05, 0.1) is 24.9 Å². The molecule has 0 aromatic carbocycles. The van der Waals surface area contributed by atoms with Crippen molar-refractivity contribution < 1.29 is 49.6 Å². The van der Waals surface area contributed by atoms with Crippen molar-refractivity contribution in [2.75, 3.05) is 13.7 Å². The highest BCUT2D eigenvalue weighted by atomic mass is 16.7. The van der Waals surface area contributed by atoms with Gasteiger partial charge < -0.3 is 44.8 Å². The first-order valence-electron chi connectivity index (χ1n) is 16.5. The van der Waals surface area contributed by atoms with E-state index >= 15 is 0 Å². The molecule has 10 nitrogen and oxygen atoms in total. The van der Waals surface area contributed by atoms with Crippen molar-refractivity contribution in [3.8, 4) is 0 Å². The van der Waals surface area contributed by atoms with Crippen molar-refractivity contribution in [2.24, 2.45) is 29.6 Å². The second-order valence-corrected chi connectivity index (χ2v) is 13.5. The summed E-state index contributed by atoms with van der Waals surface area (Å²) >= 11 is 0. The van der Waals surface area contributed by atoms with E-state index in [9.17, 15) is 30.3 Å². The maximum atomic E-state index is 11.3. The van der Waals surface area contributed by atoms with Gasteiger partial charge in [-0.15, -0.1) is 0 Å². The monoisotopic (exact) mass is 654 g/mol. The van der Waals surface area contributed by atoms with E-state index in [1.54, 1.807) is 19.9 Å². The average molecular weight is 655 g/mol. The Balaban J connectivity index is 3.32. The van der Waals surface area contributed by atoms with Crippen molar-refractivity contribution in [2.45, 2.75) is 131 Å². The van der Waals surface area contributed by atoms with Crippen LogP contribution >= 0.6 is 0 Å². The molecule has 1 fully saturated rings. The van der Waals surface area contributed by atoms with Gasteiger partial charge in [0.2, 0.25) is 0 Å². The first kappa shape index (κ1) is 42.1. The van der Waals surface area contributed by atoms with Gasteiger partial charge in [0.1, 0.15) is 24.4 Å². The first-order chi connectivity index (χ1) is 21.4. The predicted octanol–water partition coefficient (Wildman–Crippen LogP) is 4.40. The summed E-state index contributed by atoms with van der Waals surface area (Å²) in [6.07, 6.45) is 1.25. The maximum Gasteiger partial charge on any atom is 0.330 e.